The Labute approximate surface area is 177 Å². The Morgan fingerprint density at radius 2 is 1.83 bits per heavy atom. The van der Waals surface area contributed by atoms with Gasteiger partial charge in [0.25, 0.3) is 0 Å². The Balaban J connectivity index is 1.32. The van der Waals surface area contributed by atoms with Gasteiger partial charge in [-0.15, -0.1) is 0 Å². The maximum atomic E-state index is 5.43. The summed E-state index contributed by atoms with van der Waals surface area (Å²) < 4.78 is 15.6. The standard InChI is InChI=1S/C23H30N4O3/c1-26(12-10-17-7-9-22(28-2)23(14-17)29-3)19-5-4-11-27(16-19)15-18-6-8-20-21(13-18)25-30-24-20/h6-9,13-14,19H,4-5,10-12,15-16H2,1-3H3/t19-/m0/s1. The van der Waals surface area contributed by atoms with Gasteiger partial charge in [-0.1, -0.05) is 12.1 Å². The number of methoxy groups -OCH3 is 2. The number of ether oxygens (including phenoxy) is 2. The van der Waals surface area contributed by atoms with E-state index in [1.54, 1.807) is 14.2 Å². The first-order valence-corrected chi connectivity index (χ1v) is 10.5. The van der Waals surface area contributed by atoms with Crippen LogP contribution >= 0.6 is 0 Å². The largest absolute Gasteiger partial charge is 0.493 e. The summed E-state index contributed by atoms with van der Waals surface area (Å²) in [4.78, 5) is 5.03. The Kier molecular flexibility index (Phi) is 6.50. The van der Waals surface area contributed by atoms with Crippen molar-refractivity contribution in [3.05, 3.63) is 47.5 Å². The summed E-state index contributed by atoms with van der Waals surface area (Å²) in [5, 5.41) is 7.85. The normalized spacial score (nSPS) is 17.5. The summed E-state index contributed by atoms with van der Waals surface area (Å²) in [6.45, 7) is 4.17. The zero-order chi connectivity index (χ0) is 20.9. The van der Waals surface area contributed by atoms with Crippen LogP contribution in [0.4, 0.5) is 0 Å². The fraction of sp³-hybridized carbons (Fsp3) is 0.478. The maximum absolute atomic E-state index is 5.43. The van der Waals surface area contributed by atoms with Crippen molar-refractivity contribution in [2.45, 2.75) is 31.8 Å². The van der Waals surface area contributed by atoms with E-state index in [1.807, 2.05) is 12.1 Å². The van der Waals surface area contributed by atoms with Gasteiger partial charge >= 0.3 is 0 Å². The third-order valence-corrected chi connectivity index (χ3v) is 6.03. The zero-order valence-corrected chi connectivity index (χ0v) is 18.0. The zero-order valence-electron chi connectivity index (χ0n) is 18.0. The van der Waals surface area contributed by atoms with Crippen LogP contribution in [0, 0.1) is 0 Å². The highest BCUT2D eigenvalue weighted by Gasteiger charge is 2.23. The van der Waals surface area contributed by atoms with Gasteiger partial charge in [-0.05, 0) is 78.6 Å². The van der Waals surface area contributed by atoms with Crippen LogP contribution in [0.2, 0.25) is 0 Å². The number of likely N-dealkylation sites (N-methyl/N-ethyl adjacent to an activating group) is 1. The van der Waals surface area contributed by atoms with E-state index in [-0.39, 0.29) is 0 Å². The van der Waals surface area contributed by atoms with Crippen LogP contribution in [0.25, 0.3) is 11.0 Å². The second kappa shape index (κ2) is 9.45. The molecule has 0 spiro atoms. The van der Waals surface area contributed by atoms with Gasteiger partial charge in [0.15, 0.2) is 11.5 Å². The van der Waals surface area contributed by atoms with Crippen LogP contribution in [0.15, 0.2) is 41.0 Å². The lowest BCUT2D eigenvalue weighted by atomic mass is 10.0. The Hall–Kier alpha value is -2.64. The van der Waals surface area contributed by atoms with Gasteiger partial charge in [-0.3, -0.25) is 4.90 Å². The number of hydrogen-bond acceptors (Lipinski definition) is 7. The molecular formula is C23H30N4O3. The third kappa shape index (κ3) is 4.74. The topological polar surface area (TPSA) is 63.9 Å². The van der Waals surface area contributed by atoms with Crippen LogP contribution < -0.4 is 9.47 Å². The molecule has 1 aromatic heterocycles. The lowest BCUT2D eigenvalue weighted by molar-refractivity contribution is 0.112. The van der Waals surface area contributed by atoms with Crippen molar-refractivity contribution in [1.82, 2.24) is 20.1 Å². The lowest BCUT2D eigenvalue weighted by Gasteiger charge is -2.37. The highest BCUT2D eigenvalue weighted by atomic mass is 16.6. The molecule has 30 heavy (non-hydrogen) atoms. The van der Waals surface area contributed by atoms with Crippen LogP contribution in [-0.2, 0) is 13.0 Å². The summed E-state index contributed by atoms with van der Waals surface area (Å²) in [5.41, 5.74) is 4.16. The van der Waals surface area contributed by atoms with Gasteiger partial charge < -0.3 is 14.4 Å². The molecule has 7 nitrogen and oxygen atoms in total. The second-order valence-corrected chi connectivity index (χ2v) is 8.04. The summed E-state index contributed by atoms with van der Waals surface area (Å²) in [5.74, 6) is 1.57. The van der Waals surface area contributed by atoms with E-state index >= 15 is 0 Å². The first-order chi connectivity index (χ1) is 14.7. The van der Waals surface area contributed by atoms with E-state index in [4.69, 9.17) is 14.1 Å². The SMILES string of the molecule is COc1ccc(CCN(C)[C@H]2CCCN(Cc3ccc4nonc4c3)C2)cc1OC. The number of likely N-dealkylation sites (tertiary alicyclic amines) is 1. The minimum atomic E-state index is 0.566. The maximum Gasteiger partial charge on any atom is 0.160 e. The minimum absolute atomic E-state index is 0.566. The monoisotopic (exact) mass is 410 g/mol. The molecule has 1 saturated heterocycles. The summed E-state index contributed by atoms with van der Waals surface area (Å²) in [6, 6.07) is 12.9. The van der Waals surface area contributed by atoms with Crippen molar-refractivity contribution in [3.63, 3.8) is 0 Å². The van der Waals surface area contributed by atoms with E-state index in [2.05, 4.69) is 51.4 Å². The number of nitrogens with zero attached hydrogens (tertiary/aromatic N) is 4. The highest BCUT2D eigenvalue weighted by Crippen LogP contribution is 2.28. The molecule has 0 radical (unpaired) electrons. The lowest BCUT2D eigenvalue weighted by Crippen LogP contribution is -2.46. The first-order valence-electron chi connectivity index (χ1n) is 10.5. The smallest absolute Gasteiger partial charge is 0.160 e. The van der Waals surface area contributed by atoms with Gasteiger partial charge in [0.2, 0.25) is 0 Å². The molecule has 2 heterocycles. The van der Waals surface area contributed by atoms with E-state index in [1.165, 1.54) is 24.0 Å². The highest BCUT2D eigenvalue weighted by molar-refractivity contribution is 5.73. The van der Waals surface area contributed by atoms with Crippen molar-refractivity contribution >= 4 is 11.0 Å². The minimum Gasteiger partial charge on any atom is -0.493 e. The molecule has 1 aliphatic rings. The predicted molar refractivity (Wildman–Crippen MR) is 116 cm³/mol. The summed E-state index contributed by atoms with van der Waals surface area (Å²) in [7, 11) is 5.59. The molecule has 7 heteroatoms. The van der Waals surface area contributed by atoms with Crippen LogP contribution in [0.3, 0.4) is 0 Å². The molecule has 1 fully saturated rings. The van der Waals surface area contributed by atoms with Gasteiger partial charge in [0, 0.05) is 25.7 Å². The number of fused-ring (bicyclic) bond motifs is 1. The molecule has 1 aliphatic heterocycles. The molecule has 0 aliphatic carbocycles. The number of hydrogen-bond donors (Lipinski definition) is 0. The second-order valence-electron chi connectivity index (χ2n) is 8.04. The molecular weight excluding hydrogens is 380 g/mol. The molecule has 2 aromatic carbocycles. The van der Waals surface area contributed by atoms with Crippen LogP contribution in [0.1, 0.15) is 24.0 Å². The van der Waals surface area contributed by atoms with Gasteiger partial charge in [0.05, 0.1) is 14.2 Å². The van der Waals surface area contributed by atoms with Crippen LogP contribution in [0.5, 0.6) is 11.5 Å². The van der Waals surface area contributed by atoms with Crippen molar-refractivity contribution in [2.75, 3.05) is 40.9 Å². The molecule has 0 saturated carbocycles. The van der Waals surface area contributed by atoms with Crippen molar-refractivity contribution in [3.8, 4) is 11.5 Å². The summed E-state index contributed by atoms with van der Waals surface area (Å²) in [6.07, 6.45) is 3.45. The average molecular weight is 411 g/mol. The molecule has 0 N–H and O–H groups in total. The van der Waals surface area contributed by atoms with Crippen molar-refractivity contribution in [1.29, 1.82) is 0 Å². The van der Waals surface area contributed by atoms with Crippen molar-refractivity contribution in [2.24, 2.45) is 0 Å². The molecule has 0 unspecified atom stereocenters. The fourth-order valence-electron chi connectivity index (χ4n) is 4.24. The third-order valence-electron chi connectivity index (χ3n) is 6.03. The Morgan fingerprint density at radius 1 is 1.03 bits per heavy atom. The van der Waals surface area contributed by atoms with Gasteiger partial charge in [-0.2, -0.15) is 0 Å². The van der Waals surface area contributed by atoms with E-state index < -0.39 is 0 Å². The van der Waals surface area contributed by atoms with E-state index in [0.29, 0.717) is 6.04 Å². The number of aromatic nitrogens is 2. The predicted octanol–water partition coefficient (Wildman–Crippen LogP) is 3.38. The average Bonchev–Trinajstić information content (AvgIpc) is 3.25. The van der Waals surface area contributed by atoms with Crippen LogP contribution in [-0.4, -0.2) is 67.1 Å². The molecule has 1 atom stereocenters. The molecule has 4 rings (SSSR count). The van der Waals surface area contributed by atoms with Gasteiger partial charge in [-0.25, -0.2) is 4.63 Å². The molecule has 3 aromatic rings. The number of rotatable bonds is 8. The Bertz CT molecular complexity index is 974. The molecule has 0 amide bonds. The molecule has 0 bridgehead atoms. The quantitative estimate of drug-likeness (QED) is 0.564. The van der Waals surface area contributed by atoms with Gasteiger partial charge in [0.1, 0.15) is 11.0 Å². The number of piperidine rings is 1. The Morgan fingerprint density at radius 3 is 2.67 bits per heavy atom. The van der Waals surface area contributed by atoms with E-state index in [9.17, 15) is 0 Å². The van der Waals surface area contributed by atoms with Crippen molar-refractivity contribution < 1.29 is 14.1 Å². The van der Waals surface area contributed by atoms with E-state index in [0.717, 1.165) is 55.1 Å². The fourth-order valence-corrected chi connectivity index (χ4v) is 4.24. The first kappa shape index (κ1) is 20.6. The molecule has 160 valence electrons. The summed E-state index contributed by atoms with van der Waals surface area (Å²) >= 11 is 0. The number of benzene rings is 2.